The van der Waals surface area contributed by atoms with Gasteiger partial charge in [0.05, 0.1) is 25.0 Å². The minimum atomic E-state index is -0.134. The molecule has 1 atom stereocenters. The van der Waals surface area contributed by atoms with Crippen LogP contribution in [0.15, 0.2) is 23.4 Å². The molecule has 0 unspecified atom stereocenters. The Bertz CT molecular complexity index is 868. The molecule has 4 rings (SSSR count). The Balaban J connectivity index is 1.34. The first-order chi connectivity index (χ1) is 14.2. The molecule has 1 saturated heterocycles. The molecule has 1 amide bonds. The molecular formula is C19H25N5O4S. The van der Waals surface area contributed by atoms with Gasteiger partial charge >= 0.3 is 0 Å². The summed E-state index contributed by atoms with van der Waals surface area (Å²) in [5.41, 5.74) is 0.971. The lowest BCUT2D eigenvalue weighted by Crippen LogP contribution is -2.38. The second kappa shape index (κ2) is 8.91. The van der Waals surface area contributed by atoms with E-state index in [0.29, 0.717) is 19.0 Å². The SMILES string of the molecule is CCn1c(SCC(=O)N[C@H](C)c2ccc3c(c2)OCO3)nnc1N1CCOCC1. The normalized spacial score (nSPS) is 16.7. The Kier molecular flexibility index (Phi) is 6.10. The van der Waals surface area contributed by atoms with Crippen molar-refractivity contribution < 1.29 is 19.0 Å². The van der Waals surface area contributed by atoms with Crippen molar-refractivity contribution in [2.75, 3.05) is 43.7 Å². The monoisotopic (exact) mass is 419 g/mol. The van der Waals surface area contributed by atoms with E-state index in [9.17, 15) is 4.79 Å². The highest BCUT2D eigenvalue weighted by Gasteiger charge is 2.21. The molecule has 0 spiro atoms. The Hall–Kier alpha value is -2.46. The average molecular weight is 420 g/mol. The van der Waals surface area contributed by atoms with Gasteiger partial charge in [0, 0.05) is 19.6 Å². The van der Waals surface area contributed by atoms with Crippen LogP contribution in [0.5, 0.6) is 11.5 Å². The molecule has 2 aliphatic rings. The summed E-state index contributed by atoms with van der Waals surface area (Å²) < 4.78 is 18.2. The van der Waals surface area contributed by atoms with E-state index in [-0.39, 0.29) is 24.5 Å². The maximum atomic E-state index is 12.5. The van der Waals surface area contributed by atoms with Crippen LogP contribution in [0.4, 0.5) is 5.95 Å². The van der Waals surface area contributed by atoms with E-state index in [4.69, 9.17) is 14.2 Å². The van der Waals surface area contributed by atoms with E-state index in [2.05, 4.69) is 27.3 Å². The van der Waals surface area contributed by atoms with Crippen LogP contribution in [-0.4, -0.2) is 59.5 Å². The summed E-state index contributed by atoms with van der Waals surface area (Å²) in [6, 6.07) is 5.58. The summed E-state index contributed by atoms with van der Waals surface area (Å²) in [7, 11) is 0. The number of carbonyl (C=O) groups excluding carboxylic acids is 1. The molecule has 29 heavy (non-hydrogen) atoms. The van der Waals surface area contributed by atoms with Gasteiger partial charge in [0.25, 0.3) is 0 Å². The maximum absolute atomic E-state index is 12.5. The minimum Gasteiger partial charge on any atom is -0.454 e. The molecule has 1 fully saturated rings. The number of benzene rings is 1. The number of rotatable bonds is 7. The van der Waals surface area contributed by atoms with Gasteiger partial charge in [-0.15, -0.1) is 10.2 Å². The molecule has 156 valence electrons. The average Bonchev–Trinajstić information content (AvgIpc) is 3.38. The third-order valence-corrected chi connectivity index (χ3v) is 5.88. The van der Waals surface area contributed by atoms with Crippen LogP contribution in [0.25, 0.3) is 0 Å². The van der Waals surface area contributed by atoms with Gasteiger partial charge in [0.1, 0.15) is 0 Å². The minimum absolute atomic E-state index is 0.0567. The van der Waals surface area contributed by atoms with Gasteiger partial charge < -0.3 is 24.4 Å². The molecule has 3 heterocycles. The number of hydrogen-bond acceptors (Lipinski definition) is 8. The van der Waals surface area contributed by atoms with E-state index in [1.165, 1.54) is 11.8 Å². The largest absolute Gasteiger partial charge is 0.454 e. The zero-order valence-electron chi connectivity index (χ0n) is 16.6. The van der Waals surface area contributed by atoms with Gasteiger partial charge in [-0.2, -0.15) is 0 Å². The van der Waals surface area contributed by atoms with Crippen LogP contribution in [0, 0.1) is 0 Å². The summed E-state index contributed by atoms with van der Waals surface area (Å²) in [6.45, 7) is 7.98. The van der Waals surface area contributed by atoms with Crippen LogP contribution in [0.1, 0.15) is 25.5 Å². The zero-order valence-corrected chi connectivity index (χ0v) is 17.4. The predicted molar refractivity (Wildman–Crippen MR) is 109 cm³/mol. The summed E-state index contributed by atoms with van der Waals surface area (Å²) in [6.07, 6.45) is 0. The van der Waals surface area contributed by atoms with E-state index in [1.807, 2.05) is 29.7 Å². The predicted octanol–water partition coefficient (Wildman–Crippen LogP) is 1.83. The number of aromatic nitrogens is 3. The number of carbonyl (C=O) groups is 1. The van der Waals surface area contributed by atoms with Crippen molar-refractivity contribution in [1.29, 1.82) is 0 Å². The number of amides is 1. The fourth-order valence-corrected chi connectivity index (χ4v) is 4.15. The quantitative estimate of drug-likeness (QED) is 0.680. The van der Waals surface area contributed by atoms with Gasteiger partial charge in [0.15, 0.2) is 16.7 Å². The highest BCUT2D eigenvalue weighted by molar-refractivity contribution is 7.99. The first-order valence-electron chi connectivity index (χ1n) is 9.73. The summed E-state index contributed by atoms with van der Waals surface area (Å²) in [4.78, 5) is 14.6. The number of fused-ring (bicyclic) bond motifs is 1. The molecule has 1 N–H and O–H groups in total. The summed E-state index contributed by atoms with van der Waals surface area (Å²) >= 11 is 1.40. The second-order valence-electron chi connectivity index (χ2n) is 6.82. The number of nitrogens with one attached hydrogen (secondary N) is 1. The molecule has 10 heteroatoms. The van der Waals surface area contributed by atoms with Gasteiger partial charge in [-0.25, -0.2) is 0 Å². The number of anilines is 1. The Labute approximate surface area is 173 Å². The van der Waals surface area contributed by atoms with E-state index in [1.54, 1.807) is 0 Å². The molecule has 9 nitrogen and oxygen atoms in total. The Morgan fingerprint density at radius 3 is 2.83 bits per heavy atom. The van der Waals surface area contributed by atoms with Gasteiger partial charge in [-0.3, -0.25) is 9.36 Å². The van der Waals surface area contributed by atoms with Crippen LogP contribution in [-0.2, 0) is 16.1 Å². The fraction of sp³-hybridized carbons (Fsp3) is 0.526. The highest BCUT2D eigenvalue weighted by atomic mass is 32.2. The Morgan fingerprint density at radius 1 is 1.24 bits per heavy atom. The lowest BCUT2D eigenvalue weighted by atomic mass is 10.1. The summed E-state index contributed by atoms with van der Waals surface area (Å²) in [5, 5.41) is 12.4. The molecule has 0 radical (unpaired) electrons. The van der Waals surface area contributed by atoms with Crippen molar-refractivity contribution in [2.45, 2.75) is 31.6 Å². The third kappa shape index (κ3) is 4.43. The van der Waals surface area contributed by atoms with E-state index in [0.717, 1.165) is 42.1 Å². The molecular weight excluding hydrogens is 394 g/mol. The van der Waals surface area contributed by atoms with Crippen LogP contribution in [0.3, 0.4) is 0 Å². The second-order valence-corrected chi connectivity index (χ2v) is 7.76. The van der Waals surface area contributed by atoms with Crippen molar-refractivity contribution in [3.63, 3.8) is 0 Å². The van der Waals surface area contributed by atoms with E-state index < -0.39 is 0 Å². The zero-order chi connectivity index (χ0) is 20.2. The van der Waals surface area contributed by atoms with Crippen molar-refractivity contribution in [3.8, 4) is 11.5 Å². The molecule has 0 bridgehead atoms. The van der Waals surface area contributed by atoms with Crippen molar-refractivity contribution in [1.82, 2.24) is 20.1 Å². The summed E-state index contributed by atoms with van der Waals surface area (Å²) in [5.74, 6) is 2.50. The van der Waals surface area contributed by atoms with Gasteiger partial charge in [-0.05, 0) is 31.5 Å². The molecule has 2 aliphatic heterocycles. The first kappa shape index (κ1) is 19.8. The van der Waals surface area contributed by atoms with E-state index >= 15 is 0 Å². The lowest BCUT2D eigenvalue weighted by molar-refractivity contribution is -0.119. The van der Waals surface area contributed by atoms with Crippen molar-refractivity contribution >= 4 is 23.6 Å². The number of morpholine rings is 1. The first-order valence-corrected chi connectivity index (χ1v) is 10.7. The standard InChI is InChI=1S/C19H25N5O4S/c1-3-24-18(23-6-8-26-9-7-23)21-22-19(24)29-11-17(25)20-13(2)14-4-5-15-16(10-14)28-12-27-15/h4-5,10,13H,3,6-9,11-12H2,1-2H3,(H,20,25)/t13-/m1/s1. The van der Waals surface area contributed by atoms with Crippen molar-refractivity contribution in [2.24, 2.45) is 0 Å². The topological polar surface area (TPSA) is 90.7 Å². The highest BCUT2D eigenvalue weighted by Crippen LogP contribution is 2.34. The Morgan fingerprint density at radius 2 is 2.03 bits per heavy atom. The molecule has 1 aromatic heterocycles. The molecule has 2 aromatic rings. The fourth-order valence-electron chi connectivity index (χ4n) is 3.34. The number of ether oxygens (including phenoxy) is 3. The number of hydrogen-bond donors (Lipinski definition) is 1. The number of nitrogens with zero attached hydrogens (tertiary/aromatic N) is 4. The van der Waals surface area contributed by atoms with Gasteiger partial charge in [0.2, 0.25) is 18.6 Å². The van der Waals surface area contributed by atoms with Crippen LogP contribution < -0.4 is 19.7 Å². The maximum Gasteiger partial charge on any atom is 0.231 e. The lowest BCUT2D eigenvalue weighted by Gasteiger charge is -2.27. The van der Waals surface area contributed by atoms with Crippen LogP contribution in [0.2, 0.25) is 0 Å². The van der Waals surface area contributed by atoms with Gasteiger partial charge in [-0.1, -0.05) is 17.8 Å². The molecule has 0 aliphatic carbocycles. The van der Waals surface area contributed by atoms with Crippen molar-refractivity contribution in [3.05, 3.63) is 23.8 Å². The number of thioether (sulfide) groups is 1. The van der Waals surface area contributed by atoms with Crippen LogP contribution >= 0.6 is 11.8 Å². The smallest absolute Gasteiger partial charge is 0.231 e. The molecule has 1 aromatic carbocycles. The third-order valence-electron chi connectivity index (χ3n) is 4.91. The molecule has 0 saturated carbocycles.